The van der Waals surface area contributed by atoms with Gasteiger partial charge in [-0.2, -0.15) is 22.7 Å². The fourth-order valence-corrected chi connectivity index (χ4v) is 4.59. The lowest BCUT2D eigenvalue weighted by atomic mass is 10.1. The van der Waals surface area contributed by atoms with Crippen LogP contribution in [0.15, 0.2) is 69.9 Å². The first kappa shape index (κ1) is 21.4. The van der Waals surface area contributed by atoms with Crippen LogP contribution < -0.4 is 19.6 Å². The molecule has 11 heteroatoms. The van der Waals surface area contributed by atoms with Gasteiger partial charge in [-0.25, -0.2) is 0 Å². The highest BCUT2D eigenvalue weighted by molar-refractivity contribution is 7.15. The van der Waals surface area contributed by atoms with Crippen LogP contribution in [0, 0.1) is 0 Å². The molecule has 0 radical (unpaired) electrons. The molecule has 7 nitrogen and oxygen atoms in total. The van der Waals surface area contributed by atoms with Gasteiger partial charge in [0.15, 0.2) is 23.4 Å². The van der Waals surface area contributed by atoms with Crippen molar-refractivity contribution in [3.05, 3.63) is 92.7 Å². The highest BCUT2D eigenvalue weighted by atomic mass is 32.1. The van der Waals surface area contributed by atoms with Crippen LogP contribution in [0.1, 0.15) is 23.3 Å². The van der Waals surface area contributed by atoms with Gasteiger partial charge in [0.25, 0.3) is 5.56 Å². The van der Waals surface area contributed by atoms with Gasteiger partial charge in [-0.15, -0.1) is 5.10 Å². The van der Waals surface area contributed by atoms with Crippen LogP contribution in [0.2, 0.25) is 0 Å². The average molecular weight is 497 g/mol. The van der Waals surface area contributed by atoms with E-state index in [1.807, 2.05) is 12.1 Å². The summed E-state index contributed by atoms with van der Waals surface area (Å²) in [4.78, 5) is 17.7. The second-order valence-electron chi connectivity index (χ2n) is 7.72. The average Bonchev–Trinajstić information content (AvgIpc) is 3.56. The predicted molar refractivity (Wildman–Crippen MR) is 120 cm³/mol. The molecule has 0 saturated heterocycles. The maximum Gasteiger partial charge on any atom is 0.416 e. The standard InChI is InChI=1S/C24H14F3N3O4S/c25-24(26,27)14-5-3-4-13(10-14)16-9-8-15(33-16)11-20-22(31)30-23(35-20)28-21(29-30)19-12-32-17-6-1-2-7-18(17)34-19/h1-11,19H,12H2. The molecule has 0 spiro atoms. The summed E-state index contributed by atoms with van der Waals surface area (Å²) >= 11 is 1.12. The number of furan rings is 1. The van der Waals surface area contributed by atoms with Gasteiger partial charge >= 0.3 is 6.18 Å². The molecule has 1 unspecified atom stereocenters. The Bertz CT molecular complexity index is 1670. The number of hydrogen-bond acceptors (Lipinski definition) is 7. The number of nitrogens with zero attached hydrogens (tertiary/aromatic N) is 3. The third-order valence-corrected chi connectivity index (χ3v) is 6.33. The van der Waals surface area contributed by atoms with E-state index in [0.717, 1.165) is 23.5 Å². The van der Waals surface area contributed by atoms with Crippen molar-refractivity contribution in [2.45, 2.75) is 12.3 Å². The van der Waals surface area contributed by atoms with Crippen LogP contribution in [0.25, 0.3) is 22.4 Å². The predicted octanol–water partition coefficient (Wildman–Crippen LogP) is 4.49. The normalized spacial score (nSPS) is 16.2. The van der Waals surface area contributed by atoms with Gasteiger partial charge in [0.2, 0.25) is 4.96 Å². The van der Waals surface area contributed by atoms with Gasteiger partial charge in [-0.1, -0.05) is 35.6 Å². The lowest BCUT2D eigenvalue weighted by molar-refractivity contribution is -0.137. The Morgan fingerprint density at radius 1 is 1.06 bits per heavy atom. The summed E-state index contributed by atoms with van der Waals surface area (Å²) in [5.74, 6) is 2.12. The Kier molecular flexibility index (Phi) is 4.88. The first-order valence-corrected chi connectivity index (χ1v) is 11.2. The number of thiazole rings is 1. The van der Waals surface area contributed by atoms with Crippen molar-refractivity contribution in [2.75, 3.05) is 6.61 Å². The summed E-state index contributed by atoms with van der Waals surface area (Å²) in [6.07, 6.45) is -3.49. The monoisotopic (exact) mass is 497 g/mol. The van der Waals surface area contributed by atoms with E-state index in [0.29, 0.717) is 32.6 Å². The number of hydrogen-bond donors (Lipinski definition) is 0. The minimum absolute atomic E-state index is 0.215. The molecular formula is C24H14F3N3O4S. The van der Waals surface area contributed by atoms with Crippen LogP contribution in [0.5, 0.6) is 11.5 Å². The first-order chi connectivity index (χ1) is 16.8. The molecule has 1 atom stereocenters. The molecule has 1 aliphatic heterocycles. The number of ether oxygens (including phenoxy) is 2. The van der Waals surface area contributed by atoms with Crippen molar-refractivity contribution < 1.29 is 27.1 Å². The fraction of sp³-hybridized carbons (Fsp3) is 0.125. The van der Waals surface area contributed by atoms with E-state index in [2.05, 4.69) is 10.1 Å². The van der Waals surface area contributed by atoms with Crippen LogP contribution in [0.3, 0.4) is 0 Å². The molecule has 0 saturated carbocycles. The molecule has 6 rings (SSSR count). The third kappa shape index (κ3) is 3.93. The zero-order valence-corrected chi connectivity index (χ0v) is 18.5. The summed E-state index contributed by atoms with van der Waals surface area (Å²) in [5.41, 5.74) is -0.876. The molecule has 2 aromatic carbocycles. The summed E-state index contributed by atoms with van der Waals surface area (Å²) < 4.78 is 57.8. The zero-order chi connectivity index (χ0) is 24.2. The molecule has 0 amide bonds. The highest BCUT2D eigenvalue weighted by Crippen LogP contribution is 2.35. The number of halogens is 3. The minimum atomic E-state index is -4.45. The van der Waals surface area contributed by atoms with E-state index in [1.54, 1.807) is 24.3 Å². The fourth-order valence-electron chi connectivity index (χ4n) is 3.70. The van der Waals surface area contributed by atoms with Gasteiger partial charge in [-0.05, 0) is 36.4 Å². The number of para-hydroxylation sites is 2. The Morgan fingerprint density at radius 3 is 2.69 bits per heavy atom. The Balaban J connectivity index is 1.28. The number of benzene rings is 2. The topological polar surface area (TPSA) is 78.9 Å². The van der Waals surface area contributed by atoms with Gasteiger partial charge in [0, 0.05) is 11.6 Å². The summed E-state index contributed by atoms with van der Waals surface area (Å²) in [6.45, 7) is 0.215. The van der Waals surface area contributed by atoms with Crippen LogP contribution in [-0.2, 0) is 6.18 Å². The van der Waals surface area contributed by atoms with E-state index in [1.165, 1.54) is 22.7 Å². The molecule has 0 aliphatic carbocycles. The maximum atomic E-state index is 13.0. The molecular weight excluding hydrogens is 483 g/mol. The second kappa shape index (κ2) is 7.98. The smallest absolute Gasteiger partial charge is 0.416 e. The number of rotatable bonds is 3. The Hall–Kier alpha value is -4.12. The highest BCUT2D eigenvalue weighted by Gasteiger charge is 2.31. The van der Waals surface area contributed by atoms with E-state index in [9.17, 15) is 18.0 Å². The van der Waals surface area contributed by atoms with Crippen LogP contribution in [0.4, 0.5) is 13.2 Å². The van der Waals surface area contributed by atoms with E-state index < -0.39 is 23.4 Å². The zero-order valence-electron chi connectivity index (χ0n) is 17.7. The largest absolute Gasteiger partial charge is 0.485 e. The van der Waals surface area contributed by atoms with Crippen molar-refractivity contribution in [3.8, 4) is 22.8 Å². The lowest BCUT2D eigenvalue weighted by Crippen LogP contribution is -2.26. The lowest BCUT2D eigenvalue weighted by Gasteiger charge is -2.24. The molecule has 1 aliphatic rings. The Labute approximate surface area is 198 Å². The van der Waals surface area contributed by atoms with E-state index in [-0.39, 0.29) is 17.9 Å². The van der Waals surface area contributed by atoms with Crippen LogP contribution in [-0.4, -0.2) is 21.2 Å². The molecule has 3 aromatic heterocycles. The summed E-state index contributed by atoms with van der Waals surface area (Å²) in [6, 6.07) is 15.2. The Morgan fingerprint density at radius 2 is 1.89 bits per heavy atom. The van der Waals surface area contributed by atoms with E-state index >= 15 is 0 Å². The van der Waals surface area contributed by atoms with Crippen molar-refractivity contribution in [1.82, 2.24) is 14.6 Å². The maximum absolute atomic E-state index is 13.0. The van der Waals surface area contributed by atoms with Crippen molar-refractivity contribution >= 4 is 22.4 Å². The second-order valence-corrected chi connectivity index (χ2v) is 8.73. The molecule has 176 valence electrons. The number of aromatic nitrogens is 3. The van der Waals surface area contributed by atoms with Crippen molar-refractivity contribution in [3.63, 3.8) is 0 Å². The summed E-state index contributed by atoms with van der Waals surface area (Å²) in [7, 11) is 0. The minimum Gasteiger partial charge on any atom is -0.485 e. The molecule has 0 N–H and O–H groups in total. The SMILES string of the molecule is O=c1c(=Cc2ccc(-c3cccc(C(F)(F)F)c3)o2)sc2nc(C3COc4ccccc4O3)nn12. The van der Waals surface area contributed by atoms with Crippen molar-refractivity contribution in [1.29, 1.82) is 0 Å². The molecule has 0 fully saturated rings. The van der Waals surface area contributed by atoms with Gasteiger partial charge in [-0.3, -0.25) is 4.79 Å². The number of alkyl halides is 3. The van der Waals surface area contributed by atoms with Gasteiger partial charge in [0.1, 0.15) is 22.7 Å². The van der Waals surface area contributed by atoms with E-state index in [4.69, 9.17) is 13.9 Å². The molecule has 5 aromatic rings. The molecule has 35 heavy (non-hydrogen) atoms. The van der Waals surface area contributed by atoms with Crippen molar-refractivity contribution in [2.24, 2.45) is 0 Å². The van der Waals surface area contributed by atoms with Gasteiger partial charge < -0.3 is 13.9 Å². The summed E-state index contributed by atoms with van der Waals surface area (Å²) in [5, 5.41) is 4.30. The van der Waals surface area contributed by atoms with Gasteiger partial charge in [0.05, 0.1) is 5.56 Å². The number of fused-ring (bicyclic) bond motifs is 2. The molecule has 0 bridgehead atoms. The quantitative estimate of drug-likeness (QED) is 0.366. The third-order valence-electron chi connectivity index (χ3n) is 5.37. The van der Waals surface area contributed by atoms with Crippen LogP contribution >= 0.6 is 11.3 Å². The molecule has 4 heterocycles. The first-order valence-electron chi connectivity index (χ1n) is 10.4.